The van der Waals surface area contributed by atoms with E-state index in [-0.39, 0.29) is 6.10 Å². The van der Waals surface area contributed by atoms with Crippen molar-refractivity contribution in [1.29, 1.82) is 0 Å². The van der Waals surface area contributed by atoms with Crippen molar-refractivity contribution in [1.82, 2.24) is 4.90 Å². The van der Waals surface area contributed by atoms with E-state index in [0.29, 0.717) is 5.41 Å². The molecule has 0 aromatic carbocycles. The summed E-state index contributed by atoms with van der Waals surface area (Å²) in [5.41, 5.74) is 3.77. The van der Waals surface area contributed by atoms with Crippen LogP contribution in [-0.4, -0.2) is 35.7 Å². The monoisotopic (exact) mass is 371 g/mol. The number of hydrogen-bond donors (Lipinski definition) is 1. The fourth-order valence-corrected chi connectivity index (χ4v) is 6.84. The van der Waals surface area contributed by atoms with Gasteiger partial charge in [-0.3, -0.25) is 0 Å². The first-order valence-electron chi connectivity index (χ1n) is 11.9. The third kappa shape index (κ3) is 4.53. The Morgan fingerprint density at radius 3 is 2.70 bits per heavy atom. The second-order valence-electron chi connectivity index (χ2n) is 10.2. The summed E-state index contributed by atoms with van der Waals surface area (Å²) in [6.07, 6.45) is 21.8. The van der Waals surface area contributed by atoms with Crippen molar-refractivity contribution < 1.29 is 5.11 Å². The van der Waals surface area contributed by atoms with Crippen LogP contribution in [0.2, 0.25) is 0 Å². The highest BCUT2D eigenvalue weighted by molar-refractivity contribution is 5.25. The molecular weight excluding hydrogens is 330 g/mol. The van der Waals surface area contributed by atoms with Crippen LogP contribution < -0.4 is 0 Å². The fraction of sp³-hybridized carbons (Fsp3) is 0.840. The molecule has 4 aliphatic rings. The molecule has 0 radical (unpaired) electrons. The van der Waals surface area contributed by atoms with Crippen molar-refractivity contribution in [2.24, 2.45) is 17.3 Å². The molecule has 152 valence electrons. The Hall–Kier alpha value is -0.600. The van der Waals surface area contributed by atoms with Gasteiger partial charge >= 0.3 is 0 Å². The van der Waals surface area contributed by atoms with Crippen molar-refractivity contribution in [3.63, 3.8) is 0 Å². The standard InChI is InChI=1S/C25H41NO/c1-25-15-5-8-21(12-11-20-7-4-10-23(27)19-20)24(25)14-13-22(25)9-6-18-26-16-2-3-17-26/h11-12,22-24,27H,2-10,13-19H2,1H3/b20-11-,21-12+/t22-,23?,24?,25+/m0/s1. The lowest BCUT2D eigenvalue weighted by Crippen LogP contribution is -2.33. The summed E-state index contributed by atoms with van der Waals surface area (Å²) >= 11 is 0. The highest BCUT2D eigenvalue weighted by atomic mass is 16.3. The summed E-state index contributed by atoms with van der Waals surface area (Å²) in [6, 6.07) is 0. The topological polar surface area (TPSA) is 23.5 Å². The van der Waals surface area contributed by atoms with Gasteiger partial charge in [0.25, 0.3) is 0 Å². The van der Waals surface area contributed by atoms with Crippen molar-refractivity contribution in [3.05, 3.63) is 23.3 Å². The molecule has 1 aliphatic heterocycles. The van der Waals surface area contributed by atoms with E-state index >= 15 is 0 Å². The van der Waals surface area contributed by atoms with Gasteiger partial charge in [0, 0.05) is 0 Å². The summed E-state index contributed by atoms with van der Waals surface area (Å²) in [4.78, 5) is 2.69. The molecule has 0 aromatic rings. The number of allylic oxidation sites excluding steroid dienone is 3. The quantitative estimate of drug-likeness (QED) is 0.653. The molecule has 1 heterocycles. The number of fused-ring (bicyclic) bond motifs is 1. The minimum atomic E-state index is -0.0912. The zero-order valence-electron chi connectivity index (χ0n) is 17.6. The Bertz CT molecular complexity index is 559. The van der Waals surface area contributed by atoms with E-state index in [1.165, 1.54) is 89.4 Å². The maximum Gasteiger partial charge on any atom is 0.0577 e. The number of hydrogen-bond acceptors (Lipinski definition) is 2. The molecule has 0 bridgehead atoms. The number of rotatable bonds is 5. The lowest BCUT2D eigenvalue weighted by Gasteiger charge is -2.42. The van der Waals surface area contributed by atoms with E-state index in [1.54, 1.807) is 5.57 Å². The maximum absolute atomic E-state index is 9.94. The van der Waals surface area contributed by atoms with Crippen molar-refractivity contribution in [2.45, 2.75) is 96.5 Å². The molecule has 0 spiro atoms. The van der Waals surface area contributed by atoms with Gasteiger partial charge in [-0.1, -0.05) is 30.2 Å². The van der Waals surface area contributed by atoms with Crippen LogP contribution in [0.15, 0.2) is 23.3 Å². The number of aliphatic hydroxyl groups is 1. The Morgan fingerprint density at radius 1 is 1.04 bits per heavy atom. The summed E-state index contributed by atoms with van der Waals surface area (Å²) in [6.45, 7) is 6.66. The summed E-state index contributed by atoms with van der Waals surface area (Å²) in [5.74, 6) is 1.77. The molecule has 1 N–H and O–H groups in total. The van der Waals surface area contributed by atoms with Crippen LogP contribution in [0.5, 0.6) is 0 Å². The molecule has 4 rings (SSSR count). The predicted molar refractivity (Wildman–Crippen MR) is 114 cm³/mol. The highest BCUT2D eigenvalue weighted by Crippen LogP contribution is 2.58. The van der Waals surface area contributed by atoms with Gasteiger partial charge in [-0.2, -0.15) is 0 Å². The summed E-state index contributed by atoms with van der Waals surface area (Å²) in [7, 11) is 0. The zero-order chi connectivity index (χ0) is 18.7. The van der Waals surface area contributed by atoms with Crippen LogP contribution in [0.1, 0.15) is 90.4 Å². The molecule has 2 heteroatoms. The Labute approximate surface area is 167 Å². The van der Waals surface area contributed by atoms with Crippen LogP contribution in [0, 0.1) is 17.3 Å². The van der Waals surface area contributed by atoms with E-state index in [9.17, 15) is 5.11 Å². The first kappa shape index (κ1) is 19.7. The van der Waals surface area contributed by atoms with E-state index in [1.807, 2.05) is 0 Å². The second-order valence-corrected chi connectivity index (χ2v) is 10.2. The largest absolute Gasteiger partial charge is 0.393 e. The second kappa shape index (κ2) is 8.82. The van der Waals surface area contributed by atoms with Crippen LogP contribution in [-0.2, 0) is 0 Å². The van der Waals surface area contributed by atoms with Crippen LogP contribution >= 0.6 is 0 Å². The van der Waals surface area contributed by atoms with Crippen LogP contribution in [0.25, 0.3) is 0 Å². The summed E-state index contributed by atoms with van der Waals surface area (Å²) < 4.78 is 0. The third-order valence-corrected chi connectivity index (χ3v) is 8.45. The van der Waals surface area contributed by atoms with Gasteiger partial charge < -0.3 is 10.0 Å². The molecule has 2 unspecified atom stereocenters. The predicted octanol–water partition coefficient (Wildman–Crippen LogP) is 5.87. The Morgan fingerprint density at radius 2 is 1.89 bits per heavy atom. The SMILES string of the molecule is C[C@]12CCC/C(=C\C=C3\CCCC(O)C3)C1CC[C@@H]2CCCN1CCCC1. The lowest BCUT2D eigenvalue weighted by molar-refractivity contribution is 0.125. The van der Waals surface area contributed by atoms with E-state index < -0.39 is 0 Å². The molecule has 0 amide bonds. The Kier molecular flexibility index (Phi) is 6.44. The first-order chi connectivity index (χ1) is 13.1. The van der Waals surface area contributed by atoms with Crippen LogP contribution in [0.4, 0.5) is 0 Å². The van der Waals surface area contributed by atoms with E-state index in [2.05, 4.69) is 24.0 Å². The van der Waals surface area contributed by atoms with Gasteiger partial charge in [-0.25, -0.2) is 0 Å². The molecule has 1 saturated heterocycles. The van der Waals surface area contributed by atoms with Crippen molar-refractivity contribution in [2.75, 3.05) is 19.6 Å². The van der Waals surface area contributed by atoms with Gasteiger partial charge in [-0.05, 0) is 120 Å². The van der Waals surface area contributed by atoms with Crippen LogP contribution in [0.3, 0.4) is 0 Å². The van der Waals surface area contributed by atoms with Gasteiger partial charge in [0.2, 0.25) is 0 Å². The molecule has 4 atom stereocenters. The van der Waals surface area contributed by atoms with E-state index in [4.69, 9.17) is 0 Å². The van der Waals surface area contributed by atoms with Gasteiger partial charge in [0.05, 0.1) is 6.10 Å². The maximum atomic E-state index is 9.94. The van der Waals surface area contributed by atoms with Crippen molar-refractivity contribution in [3.8, 4) is 0 Å². The third-order valence-electron chi connectivity index (χ3n) is 8.45. The normalized spacial score (nSPS) is 40.7. The number of aliphatic hydroxyl groups excluding tert-OH is 1. The van der Waals surface area contributed by atoms with E-state index in [0.717, 1.165) is 31.1 Å². The zero-order valence-corrected chi connectivity index (χ0v) is 17.6. The molecule has 27 heavy (non-hydrogen) atoms. The highest BCUT2D eigenvalue weighted by Gasteiger charge is 2.48. The number of nitrogens with zero attached hydrogens (tertiary/aromatic N) is 1. The minimum absolute atomic E-state index is 0.0912. The van der Waals surface area contributed by atoms with Crippen molar-refractivity contribution >= 4 is 0 Å². The fourth-order valence-electron chi connectivity index (χ4n) is 6.84. The molecule has 3 aliphatic carbocycles. The molecular formula is C25H41NO. The smallest absolute Gasteiger partial charge is 0.0577 e. The lowest BCUT2D eigenvalue weighted by atomic mass is 9.62. The average Bonchev–Trinajstić information content (AvgIpc) is 3.28. The first-order valence-corrected chi connectivity index (χ1v) is 11.9. The Balaban J connectivity index is 1.36. The van der Waals surface area contributed by atoms with Gasteiger partial charge in [0.1, 0.15) is 0 Å². The minimum Gasteiger partial charge on any atom is -0.393 e. The summed E-state index contributed by atoms with van der Waals surface area (Å²) in [5, 5.41) is 9.94. The number of likely N-dealkylation sites (tertiary alicyclic amines) is 1. The molecule has 0 aromatic heterocycles. The average molecular weight is 372 g/mol. The molecule has 2 nitrogen and oxygen atoms in total. The molecule has 3 saturated carbocycles. The van der Waals surface area contributed by atoms with Gasteiger partial charge in [-0.15, -0.1) is 0 Å². The van der Waals surface area contributed by atoms with Gasteiger partial charge in [0.15, 0.2) is 0 Å². The molecule has 4 fully saturated rings.